The summed E-state index contributed by atoms with van der Waals surface area (Å²) in [6.07, 6.45) is 1.76. The zero-order valence-electron chi connectivity index (χ0n) is 16.1. The van der Waals surface area contributed by atoms with Crippen molar-refractivity contribution in [2.75, 3.05) is 7.11 Å². The van der Waals surface area contributed by atoms with Crippen LogP contribution < -0.4 is 4.74 Å². The number of nitrogens with one attached hydrogen (secondary N) is 1. The summed E-state index contributed by atoms with van der Waals surface area (Å²) in [5.74, 6) is 0.577. The molecule has 30 heavy (non-hydrogen) atoms. The Morgan fingerprint density at radius 1 is 1.00 bits per heavy atom. The smallest absolute Gasteiger partial charge is 0.195 e. The van der Waals surface area contributed by atoms with Gasteiger partial charge in [-0.1, -0.05) is 54.1 Å². The summed E-state index contributed by atoms with van der Waals surface area (Å²) in [6, 6.07) is 22.6. The van der Waals surface area contributed by atoms with Crippen LogP contribution in [0.4, 0.5) is 0 Å². The van der Waals surface area contributed by atoms with Crippen molar-refractivity contribution in [1.29, 1.82) is 0 Å². The van der Waals surface area contributed by atoms with Crippen LogP contribution in [0.15, 0.2) is 79.0 Å². The standard InChI is InChI=1S/C25H17ClN2O2/c1-30-18-6-4-5-16(13-18)25(29)20-14-27-24-22(20)19-7-2-3-8-21(19)28-23(24)15-9-11-17(26)12-10-15/h2-14,27H,1H3. The number of rotatable bonds is 4. The molecule has 0 aliphatic rings. The fourth-order valence-electron chi connectivity index (χ4n) is 3.76. The van der Waals surface area contributed by atoms with Crippen LogP contribution in [-0.4, -0.2) is 22.9 Å². The summed E-state index contributed by atoms with van der Waals surface area (Å²) in [5, 5.41) is 2.45. The average Bonchev–Trinajstić information content (AvgIpc) is 3.24. The molecule has 3 aromatic carbocycles. The largest absolute Gasteiger partial charge is 0.497 e. The van der Waals surface area contributed by atoms with Gasteiger partial charge in [-0.2, -0.15) is 0 Å². The first-order valence-electron chi connectivity index (χ1n) is 9.50. The van der Waals surface area contributed by atoms with Gasteiger partial charge in [-0.25, -0.2) is 4.98 Å². The SMILES string of the molecule is COc1cccc(C(=O)c2c[nH]c3c(-c4ccc(Cl)cc4)nc4ccccc4c23)c1. The number of pyridine rings is 1. The number of methoxy groups -OCH3 is 1. The molecule has 5 aromatic rings. The maximum atomic E-state index is 13.4. The number of hydrogen-bond donors (Lipinski definition) is 1. The molecule has 0 saturated carbocycles. The van der Waals surface area contributed by atoms with E-state index in [1.54, 1.807) is 25.4 Å². The number of carbonyl (C=O) groups is 1. The number of fused-ring (bicyclic) bond motifs is 3. The average molecular weight is 413 g/mol. The van der Waals surface area contributed by atoms with Crippen LogP contribution in [0.2, 0.25) is 5.02 Å². The fraction of sp³-hybridized carbons (Fsp3) is 0.0400. The van der Waals surface area contributed by atoms with Crippen molar-refractivity contribution < 1.29 is 9.53 Å². The van der Waals surface area contributed by atoms with Crippen LogP contribution in [0.1, 0.15) is 15.9 Å². The van der Waals surface area contributed by atoms with E-state index < -0.39 is 0 Å². The Bertz CT molecular complexity index is 1400. The molecule has 0 bridgehead atoms. The zero-order chi connectivity index (χ0) is 20.7. The second-order valence-electron chi connectivity index (χ2n) is 7.00. The fourth-order valence-corrected chi connectivity index (χ4v) is 3.89. The van der Waals surface area contributed by atoms with Crippen molar-refractivity contribution in [3.63, 3.8) is 0 Å². The number of hydrogen-bond acceptors (Lipinski definition) is 3. The van der Waals surface area contributed by atoms with Crippen LogP contribution in [0, 0.1) is 0 Å². The number of ether oxygens (including phenoxy) is 1. The van der Waals surface area contributed by atoms with E-state index in [4.69, 9.17) is 21.3 Å². The van der Waals surface area contributed by atoms with Crippen molar-refractivity contribution in [3.05, 3.63) is 95.1 Å². The van der Waals surface area contributed by atoms with Crippen molar-refractivity contribution in [2.24, 2.45) is 0 Å². The van der Waals surface area contributed by atoms with Crippen LogP contribution >= 0.6 is 11.6 Å². The van der Waals surface area contributed by atoms with E-state index in [-0.39, 0.29) is 5.78 Å². The minimum Gasteiger partial charge on any atom is -0.497 e. The molecule has 0 saturated heterocycles. The third-order valence-corrected chi connectivity index (χ3v) is 5.47. The van der Waals surface area contributed by atoms with E-state index in [0.717, 1.165) is 33.1 Å². The van der Waals surface area contributed by atoms with Crippen LogP contribution in [0.5, 0.6) is 5.75 Å². The van der Waals surface area contributed by atoms with Gasteiger partial charge in [0.1, 0.15) is 5.75 Å². The number of halogens is 1. The molecule has 0 atom stereocenters. The van der Waals surface area contributed by atoms with E-state index in [9.17, 15) is 4.79 Å². The Hall–Kier alpha value is -3.63. The summed E-state index contributed by atoms with van der Waals surface area (Å²) < 4.78 is 5.29. The first kappa shape index (κ1) is 18.4. The van der Waals surface area contributed by atoms with Crippen molar-refractivity contribution in [2.45, 2.75) is 0 Å². The maximum absolute atomic E-state index is 13.4. The molecule has 0 amide bonds. The van der Waals surface area contributed by atoms with Gasteiger partial charge in [0.15, 0.2) is 5.78 Å². The molecular weight excluding hydrogens is 396 g/mol. The van der Waals surface area contributed by atoms with E-state index in [1.807, 2.05) is 60.7 Å². The third-order valence-electron chi connectivity index (χ3n) is 5.22. The number of benzene rings is 3. The third kappa shape index (κ3) is 3.02. The van der Waals surface area contributed by atoms with Crippen LogP contribution in [0.25, 0.3) is 33.1 Å². The molecule has 0 unspecified atom stereocenters. The summed E-state index contributed by atoms with van der Waals surface area (Å²) in [7, 11) is 1.59. The molecule has 5 heteroatoms. The van der Waals surface area contributed by atoms with Gasteiger partial charge in [0.05, 0.1) is 23.8 Å². The van der Waals surface area contributed by atoms with Crippen molar-refractivity contribution >= 4 is 39.2 Å². The molecule has 2 heterocycles. The highest BCUT2D eigenvalue weighted by molar-refractivity contribution is 6.30. The maximum Gasteiger partial charge on any atom is 0.195 e. The summed E-state index contributed by atoms with van der Waals surface area (Å²) in [4.78, 5) is 21.6. The molecule has 0 fully saturated rings. The lowest BCUT2D eigenvalue weighted by Gasteiger charge is -2.09. The van der Waals surface area contributed by atoms with Crippen LogP contribution in [-0.2, 0) is 0 Å². The number of aromatic nitrogens is 2. The van der Waals surface area contributed by atoms with E-state index in [2.05, 4.69) is 4.98 Å². The minimum atomic E-state index is -0.0708. The Balaban J connectivity index is 1.78. The van der Waals surface area contributed by atoms with E-state index >= 15 is 0 Å². The second kappa shape index (κ2) is 7.32. The summed E-state index contributed by atoms with van der Waals surface area (Å²) >= 11 is 6.07. The first-order chi connectivity index (χ1) is 14.7. The monoisotopic (exact) mass is 412 g/mol. The molecule has 1 N–H and O–H groups in total. The minimum absolute atomic E-state index is 0.0708. The van der Waals surface area contributed by atoms with Crippen molar-refractivity contribution in [3.8, 4) is 17.0 Å². The van der Waals surface area contributed by atoms with Gasteiger partial charge in [0.25, 0.3) is 0 Å². The lowest BCUT2D eigenvalue weighted by Crippen LogP contribution is -2.01. The van der Waals surface area contributed by atoms with Crippen LogP contribution in [0.3, 0.4) is 0 Å². The Morgan fingerprint density at radius 3 is 2.60 bits per heavy atom. The Morgan fingerprint density at radius 2 is 1.80 bits per heavy atom. The second-order valence-corrected chi connectivity index (χ2v) is 7.43. The van der Waals surface area contributed by atoms with Gasteiger partial charge in [-0.3, -0.25) is 4.79 Å². The predicted octanol–water partition coefficient (Wildman–Crippen LogP) is 6.28. The molecule has 0 radical (unpaired) electrons. The molecule has 146 valence electrons. The number of ketones is 1. The van der Waals surface area contributed by atoms with Gasteiger partial charge >= 0.3 is 0 Å². The highest BCUT2D eigenvalue weighted by Crippen LogP contribution is 2.35. The van der Waals surface area contributed by atoms with E-state index in [0.29, 0.717) is 21.9 Å². The topological polar surface area (TPSA) is 55.0 Å². The first-order valence-corrected chi connectivity index (χ1v) is 9.88. The van der Waals surface area contributed by atoms with Gasteiger partial charge in [0, 0.05) is 38.7 Å². The molecule has 0 spiro atoms. The molecule has 0 aliphatic carbocycles. The van der Waals surface area contributed by atoms with Gasteiger partial charge in [-0.15, -0.1) is 0 Å². The van der Waals surface area contributed by atoms with Gasteiger partial charge in [-0.05, 0) is 30.3 Å². The number of aromatic amines is 1. The Kier molecular flexibility index (Phi) is 4.49. The highest BCUT2D eigenvalue weighted by atomic mass is 35.5. The number of H-pyrrole nitrogens is 1. The molecule has 4 nitrogen and oxygen atoms in total. The molecule has 5 rings (SSSR count). The predicted molar refractivity (Wildman–Crippen MR) is 120 cm³/mol. The number of para-hydroxylation sites is 1. The lowest BCUT2D eigenvalue weighted by atomic mass is 9.98. The number of carbonyl (C=O) groups excluding carboxylic acids is 1. The molecule has 2 aromatic heterocycles. The van der Waals surface area contributed by atoms with Gasteiger partial charge in [0.2, 0.25) is 0 Å². The number of nitrogens with zero attached hydrogens (tertiary/aromatic N) is 1. The normalized spacial score (nSPS) is 11.1. The molecule has 0 aliphatic heterocycles. The highest BCUT2D eigenvalue weighted by Gasteiger charge is 2.20. The summed E-state index contributed by atoms with van der Waals surface area (Å²) in [6.45, 7) is 0. The van der Waals surface area contributed by atoms with E-state index in [1.165, 1.54) is 0 Å². The summed E-state index contributed by atoms with van der Waals surface area (Å²) in [5.41, 5.74) is 4.54. The Labute approximate surface area is 178 Å². The quantitative estimate of drug-likeness (QED) is 0.353. The molecular formula is C25H17ClN2O2. The lowest BCUT2D eigenvalue weighted by molar-refractivity contribution is 0.104. The zero-order valence-corrected chi connectivity index (χ0v) is 16.9. The van der Waals surface area contributed by atoms with Crippen molar-refractivity contribution in [1.82, 2.24) is 9.97 Å². The van der Waals surface area contributed by atoms with Gasteiger partial charge < -0.3 is 9.72 Å².